The second kappa shape index (κ2) is 12.1. The molecule has 0 bridgehead atoms. The maximum Gasteiger partial charge on any atom is 0.240 e. The van der Waals surface area contributed by atoms with Crippen LogP contribution in [0.5, 0.6) is 0 Å². The molecule has 1 N–H and O–H groups in total. The fraction of sp³-hybridized carbons (Fsp3) is 0.281. The first kappa shape index (κ1) is 27.6. The van der Waals surface area contributed by atoms with E-state index in [1.165, 1.54) is 0 Å². The van der Waals surface area contributed by atoms with E-state index in [2.05, 4.69) is 24.4 Å². The number of halogens is 1. The van der Waals surface area contributed by atoms with Crippen molar-refractivity contribution >= 4 is 41.0 Å². The quantitative estimate of drug-likeness (QED) is 0.289. The SMILES string of the molecule is Cc1ccccc1[C@@H]1SCC(=O)N(CC(=O)NC[C@H]2CCCO2)c2c1c(-c1ccccc1)nn2-c1ccccc1Cl. The Labute approximate surface area is 248 Å². The topological polar surface area (TPSA) is 76.5 Å². The Hall–Kier alpha value is -3.59. The number of nitrogens with zero attached hydrogens (tertiary/aromatic N) is 3. The van der Waals surface area contributed by atoms with Gasteiger partial charge in [0, 0.05) is 24.3 Å². The van der Waals surface area contributed by atoms with E-state index in [0.717, 1.165) is 40.8 Å². The molecule has 3 aromatic carbocycles. The number of para-hydroxylation sites is 1. The lowest BCUT2D eigenvalue weighted by atomic mass is 9.97. The summed E-state index contributed by atoms with van der Waals surface area (Å²) in [5.41, 5.74) is 5.42. The van der Waals surface area contributed by atoms with E-state index < -0.39 is 0 Å². The van der Waals surface area contributed by atoms with Gasteiger partial charge in [-0.25, -0.2) is 4.68 Å². The number of aryl methyl sites for hydroxylation is 1. The summed E-state index contributed by atoms with van der Waals surface area (Å²) < 4.78 is 7.42. The molecular formula is C32H31ClN4O3S. The van der Waals surface area contributed by atoms with Crippen molar-refractivity contribution in [3.05, 3.63) is 101 Å². The van der Waals surface area contributed by atoms with E-state index in [9.17, 15) is 9.59 Å². The summed E-state index contributed by atoms with van der Waals surface area (Å²) in [5, 5.41) is 8.40. The van der Waals surface area contributed by atoms with Crippen molar-refractivity contribution in [2.75, 3.05) is 30.3 Å². The Kier molecular flexibility index (Phi) is 8.14. The number of anilines is 1. The predicted octanol–water partition coefficient (Wildman–Crippen LogP) is 5.97. The number of fused-ring (bicyclic) bond motifs is 1. The van der Waals surface area contributed by atoms with Crippen LogP contribution in [0.2, 0.25) is 5.02 Å². The summed E-state index contributed by atoms with van der Waals surface area (Å²) in [4.78, 5) is 28.8. The Morgan fingerprint density at radius 3 is 2.59 bits per heavy atom. The van der Waals surface area contributed by atoms with Gasteiger partial charge in [0.05, 0.1) is 33.5 Å². The third-order valence-electron chi connectivity index (χ3n) is 7.54. The average molecular weight is 587 g/mol. The third-order valence-corrected chi connectivity index (χ3v) is 9.10. The fourth-order valence-corrected chi connectivity index (χ4v) is 6.99. The van der Waals surface area contributed by atoms with Crippen molar-refractivity contribution in [2.45, 2.75) is 31.1 Å². The molecule has 1 fully saturated rings. The third kappa shape index (κ3) is 5.64. The van der Waals surface area contributed by atoms with Gasteiger partial charge in [-0.15, -0.1) is 11.8 Å². The van der Waals surface area contributed by atoms with Crippen molar-refractivity contribution in [3.63, 3.8) is 0 Å². The zero-order chi connectivity index (χ0) is 28.3. The minimum absolute atomic E-state index is 0.00803. The number of ether oxygens (including phenoxy) is 1. The summed E-state index contributed by atoms with van der Waals surface area (Å²) in [6.07, 6.45) is 1.92. The van der Waals surface area contributed by atoms with Crippen LogP contribution in [0.25, 0.3) is 16.9 Å². The molecule has 3 heterocycles. The van der Waals surface area contributed by atoms with Gasteiger partial charge < -0.3 is 10.1 Å². The van der Waals surface area contributed by atoms with E-state index in [1.807, 2.05) is 60.7 Å². The van der Waals surface area contributed by atoms with Crippen molar-refractivity contribution in [2.24, 2.45) is 0 Å². The first-order chi connectivity index (χ1) is 20.0. The molecule has 0 spiro atoms. The van der Waals surface area contributed by atoms with Gasteiger partial charge >= 0.3 is 0 Å². The Morgan fingerprint density at radius 2 is 1.83 bits per heavy atom. The molecule has 210 valence electrons. The van der Waals surface area contributed by atoms with Crippen molar-refractivity contribution < 1.29 is 14.3 Å². The number of thioether (sulfide) groups is 1. The molecule has 2 amide bonds. The maximum atomic E-state index is 13.9. The summed E-state index contributed by atoms with van der Waals surface area (Å²) >= 11 is 8.28. The van der Waals surface area contributed by atoms with Gasteiger partial charge in [0.15, 0.2) is 0 Å². The van der Waals surface area contributed by atoms with Gasteiger partial charge in [0.1, 0.15) is 12.4 Å². The molecule has 2 aliphatic rings. The normalized spacial score (nSPS) is 18.7. The lowest BCUT2D eigenvalue weighted by molar-refractivity contribution is -0.123. The van der Waals surface area contributed by atoms with Crippen LogP contribution in [0.15, 0.2) is 78.9 Å². The smallest absolute Gasteiger partial charge is 0.240 e. The van der Waals surface area contributed by atoms with Gasteiger partial charge in [0.2, 0.25) is 11.8 Å². The standard InChI is InChI=1S/C32H31ClN4O3S/c1-21-10-5-6-14-24(21)31-29-30(22-11-3-2-4-12-22)35-37(26-16-8-7-15-25(26)33)32(29)36(28(39)20-41-31)19-27(38)34-18-23-13-9-17-40-23/h2-8,10-12,14-16,23,31H,9,13,17-20H2,1H3,(H,34,38)/t23-,31+/m1/s1. The molecule has 0 aliphatic carbocycles. The fourth-order valence-electron chi connectivity index (χ4n) is 5.48. The summed E-state index contributed by atoms with van der Waals surface area (Å²) in [7, 11) is 0. The van der Waals surface area contributed by atoms with E-state index >= 15 is 0 Å². The zero-order valence-corrected chi connectivity index (χ0v) is 24.3. The molecule has 0 radical (unpaired) electrons. The van der Waals surface area contributed by atoms with Crippen LogP contribution in [0.1, 0.15) is 34.8 Å². The number of carbonyl (C=O) groups is 2. The minimum Gasteiger partial charge on any atom is -0.376 e. The molecule has 2 aliphatic heterocycles. The Morgan fingerprint density at radius 1 is 1.07 bits per heavy atom. The van der Waals surface area contributed by atoms with Crippen molar-refractivity contribution in [3.8, 4) is 16.9 Å². The van der Waals surface area contributed by atoms with Crippen LogP contribution in [-0.2, 0) is 14.3 Å². The van der Waals surface area contributed by atoms with E-state index in [-0.39, 0.29) is 35.5 Å². The average Bonchev–Trinajstić information content (AvgIpc) is 3.62. The molecule has 7 nitrogen and oxygen atoms in total. The molecular weight excluding hydrogens is 556 g/mol. The highest BCUT2D eigenvalue weighted by molar-refractivity contribution is 8.00. The lowest BCUT2D eigenvalue weighted by Gasteiger charge is -2.24. The number of hydrogen-bond acceptors (Lipinski definition) is 5. The van der Waals surface area contributed by atoms with E-state index in [0.29, 0.717) is 29.7 Å². The second-order valence-corrected chi connectivity index (χ2v) is 11.8. The first-order valence-electron chi connectivity index (χ1n) is 13.8. The largest absolute Gasteiger partial charge is 0.376 e. The monoisotopic (exact) mass is 586 g/mol. The summed E-state index contributed by atoms with van der Waals surface area (Å²) in [5.74, 6) is 0.371. The zero-order valence-electron chi connectivity index (χ0n) is 22.8. The molecule has 0 unspecified atom stereocenters. The van der Waals surface area contributed by atoms with Crippen LogP contribution in [0.3, 0.4) is 0 Å². The van der Waals surface area contributed by atoms with Crippen LogP contribution in [-0.4, -0.2) is 53.1 Å². The van der Waals surface area contributed by atoms with Crippen LogP contribution in [0.4, 0.5) is 5.82 Å². The van der Waals surface area contributed by atoms with Crippen LogP contribution >= 0.6 is 23.4 Å². The van der Waals surface area contributed by atoms with Gasteiger partial charge in [-0.3, -0.25) is 14.5 Å². The lowest BCUT2D eigenvalue weighted by Crippen LogP contribution is -2.44. The molecule has 6 rings (SSSR count). The van der Waals surface area contributed by atoms with Gasteiger partial charge in [0.25, 0.3) is 0 Å². The van der Waals surface area contributed by atoms with E-state index in [4.69, 9.17) is 21.4 Å². The minimum atomic E-state index is -0.243. The summed E-state index contributed by atoms with van der Waals surface area (Å²) in [6, 6.07) is 25.6. The second-order valence-electron chi connectivity index (χ2n) is 10.3. The Bertz CT molecular complexity index is 1570. The molecule has 1 saturated heterocycles. The number of rotatable bonds is 7. The molecule has 4 aromatic rings. The van der Waals surface area contributed by atoms with Crippen molar-refractivity contribution in [1.82, 2.24) is 15.1 Å². The highest BCUT2D eigenvalue weighted by atomic mass is 35.5. The molecule has 9 heteroatoms. The number of aromatic nitrogens is 2. The predicted molar refractivity (Wildman–Crippen MR) is 164 cm³/mol. The Balaban J connectivity index is 1.54. The number of nitrogens with one attached hydrogen (secondary N) is 1. The maximum absolute atomic E-state index is 13.9. The van der Waals surface area contributed by atoms with Crippen LogP contribution < -0.4 is 10.2 Å². The van der Waals surface area contributed by atoms with Crippen molar-refractivity contribution in [1.29, 1.82) is 0 Å². The molecule has 2 atom stereocenters. The number of carbonyl (C=O) groups excluding carboxylic acids is 2. The number of amides is 2. The first-order valence-corrected chi connectivity index (χ1v) is 15.2. The highest BCUT2D eigenvalue weighted by Crippen LogP contribution is 2.49. The van der Waals surface area contributed by atoms with Gasteiger partial charge in [-0.2, -0.15) is 5.10 Å². The highest BCUT2D eigenvalue weighted by Gasteiger charge is 2.38. The van der Waals surface area contributed by atoms with Gasteiger partial charge in [-0.05, 0) is 43.0 Å². The summed E-state index contributed by atoms with van der Waals surface area (Å²) in [6.45, 7) is 3.09. The van der Waals surface area contributed by atoms with Gasteiger partial charge in [-0.1, -0.05) is 78.3 Å². The molecule has 1 aromatic heterocycles. The number of benzene rings is 3. The van der Waals surface area contributed by atoms with E-state index in [1.54, 1.807) is 27.4 Å². The number of hydrogen-bond donors (Lipinski definition) is 1. The van der Waals surface area contributed by atoms with Crippen LogP contribution in [0, 0.1) is 6.92 Å². The molecule has 41 heavy (non-hydrogen) atoms. The molecule has 0 saturated carbocycles.